The summed E-state index contributed by atoms with van der Waals surface area (Å²) >= 11 is 0. The van der Waals surface area contributed by atoms with Crippen molar-refractivity contribution in [2.45, 2.75) is 43.5 Å². The van der Waals surface area contributed by atoms with Gasteiger partial charge in [-0.15, -0.1) is 0 Å². The van der Waals surface area contributed by atoms with Crippen molar-refractivity contribution >= 4 is 0 Å². The van der Waals surface area contributed by atoms with Gasteiger partial charge in [0.15, 0.2) is 0 Å². The van der Waals surface area contributed by atoms with Gasteiger partial charge in [-0.25, -0.2) is 0 Å². The molecule has 1 atom stereocenters. The average Bonchev–Trinajstić information content (AvgIpc) is 2.10. The van der Waals surface area contributed by atoms with Gasteiger partial charge in [0, 0.05) is 0 Å². The summed E-state index contributed by atoms with van der Waals surface area (Å²) in [5.74, 6) is -7.12. The smallest absolute Gasteiger partial charge is 0.335 e. The second-order valence-corrected chi connectivity index (χ2v) is 3.52. The van der Waals surface area contributed by atoms with Crippen LogP contribution in [0.4, 0.5) is 0 Å². The first kappa shape index (κ1) is 14.7. The topological polar surface area (TPSA) is 147 Å². The van der Waals surface area contributed by atoms with Crippen LogP contribution in [0, 0.1) is 0 Å². The molecule has 0 aliphatic carbocycles. The largest absolute Gasteiger partial charge is 0.387 e. The number of rotatable bonds is 7. The number of aliphatic hydroxyl groups excluding tert-OH is 1. The highest BCUT2D eigenvalue weighted by molar-refractivity contribution is 4.81. The number of aliphatic hydroxyl groups is 6. The molecule has 0 saturated heterocycles. The van der Waals surface area contributed by atoms with E-state index in [2.05, 4.69) is 0 Å². The highest BCUT2D eigenvalue weighted by atomic mass is 16.7. The SMILES string of the molecule is NCCCCCC(O)C(O)(O)C(O)(O)O. The van der Waals surface area contributed by atoms with Crippen molar-refractivity contribution in [3.8, 4) is 0 Å². The summed E-state index contributed by atoms with van der Waals surface area (Å²) in [7, 11) is 0. The van der Waals surface area contributed by atoms with E-state index in [1.54, 1.807) is 0 Å². The predicted octanol–water partition coefficient (Wildman–Crippen LogP) is -2.82. The third kappa shape index (κ3) is 4.39. The Kier molecular flexibility index (Phi) is 5.60. The lowest BCUT2D eigenvalue weighted by Gasteiger charge is -2.33. The predicted molar refractivity (Wildman–Crippen MR) is 50.1 cm³/mol. The fourth-order valence-corrected chi connectivity index (χ4v) is 1.08. The maximum Gasteiger partial charge on any atom is 0.335 e. The maximum atomic E-state index is 9.20. The van der Waals surface area contributed by atoms with Crippen molar-refractivity contribution in [3.63, 3.8) is 0 Å². The van der Waals surface area contributed by atoms with E-state index in [0.29, 0.717) is 19.4 Å². The molecule has 15 heavy (non-hydrogen) atoms. The Hall–Kier alpha value is -0.280. The van der Waals surface area contributed by atoms with E-state index in [1.807, 2.05) is 0 Å². The van der Waals surface area contributed by atoms with Crippen LogP contribution in [0.3, 0.4) is 0 Å². The van der Waals surface area contributed by atoms with Crippen LogP contribution in [0.5, 0.6) is 0 Å². The molecular formula is C8H19NO6. The van der Waals surface area contributed by atoms with Gasteiger partial charge in [0.05, 0.1) is 0 Å². The van der Waals surface area contributed by atoms with Gasteiger partial charge in [-0.3, -0.25) is 0 Å². The summed E-state index contributed by atoms with van der Waals surface area (Å²) in [6, 6.07) is 0. The zero-order valence-corrected chi connectivity index (χ0v) is 8.37. The number of hydrogen-bond acceptors (Lipinski definition) is 7. The van der Waals surface area contributed by atoms with E-state index >= 15 is 0 Å². The van der Waals surface area contributed by atoms with E-state index in [0.717, 1.165) is 6.42 Å². The Morgan fingerprint density at radius 1 is 0.933 bits per heavy atom. The Bertz CT molecular complexity index is 178. The Morgan fingerprint density at radius 3 is 1.87 bits per heavy atom. The first-order valence-corrected chi connectivity index (χ1v) is 4.73. The third-order valence-electron chi connectivity index (χ3n) is 2.14. The van der Waals surface area contributed by atoms with Crippen molar-refractivity contribution in [2.75, 3.05) is 6.54 Å². The van der Waals surface area contributed by atoms with Crippen molar-refractivity contribution < 1.29 is 30.6 Å². The summed E-state index contributed by atoms with van der Waals surface area (Å²) in [6.45, 7) is 0.490. The molecule has 1 unspecified atom stereocenters. The average molecular weight is 225 g/mol. The molecule has 8 N–H and O–H groups in total. The van der Waals surface area contributed by atoms with Crippen molar-refractivity contribution in [2.24, 2.45) is 5.73 Å². The molecule has 7 nitrogen and oxygen atoms in total. The van der Waals surface area contributed by atoms with Gasteiger partial charge in [0.25, 0.3) is 5.79 Å². The Labute approximate surface area is 87.4 Å². The zero-order chi connectivity index (χ0) is 12.1. The first-order chi connectivity index (χ1) is 6.73. The van der Waals surface area contributed by atoms with E-state index in [9.17, 15) is 5.11 Å². The van der Waals surface area contributed by atoms with Gasteiger partial charge in [-0.2, -0.15) is 0 Å². The Balaban J connectivity index is 4.03. The van der Waals surface area contributed by atoms with Crippen molar-refractivity contribution in [1.29, 1.82) is 0 Å². The summed E-state index contributed by atoms with van der Waals surface area (Å²) in [6.07, 6.45) is -0.124. The fourth-order valence-electron chi connectivity index (χ4n) is 1.08. The molecule has 0 bridgehead atoms. The third-order valence-corrected chi connectivity index (χ3v) is 2.14. The maximum absolute atomic E-state index is 9.20. The monoisotopic (exact) mass is 225 g/mol. The first-order valence-electron chi connectivity index (χ1n) is 4.73. The van der Waals surface area contributed by atoms with Crippen molar-refractivity contribution in [1.82, 2.24) is 0 Å². The molecular weight excluding hydrogens is 206 g/mol. The second-order valence-electron chi connectivity index (χ2n) is 3.52. The van der Waals surface area contributed by atoms with Gasteiger partial charge in [-0.05, 0) is 19.4 Å². The molecule has 0 heterocycles. The lowest BCUT2D eigenvalue weighted by Crippen LogP contribution is -2.61. The van der Waals surface area contributed by atoms with Crippen molar-refractivity contribution in [3.05, 3.63) is 0 Å². The minimum Gasteiger partial charge on any atom is -0.387 e. The molecule has 0 amide bonds. The van der Waals surface area contributed by atoms with Crippen LogP contribution in [0.2, 0.25) is 0 Å². The van der Waals surface area contributed by atoms with Gasteiger partial charge in [0.1, 0.15) is 6.10 Å². The Morgan fingerprint density at radius 2 is 1.47 bits per heavy atom. The fraction of sp³-hybridized carbons (Fsp3) is 1.00. The molecule has 0 aliphatic heterocycles. The standard InChI is InChI=1S/C8H19NO6/c9-5-3-1-2-4-6(10)7(11,12)8(13,14)15/h6,10-15H,1-5,9H2. The van der Waals surface area contributed by atoms with Gasteiger partial charge >= 0.3 is 5.97 Å². The second kappa shape index (κ2) is 5.71. The summed E-state index contributed by atoms with van der Waals surface area (Å²) in [5, 5.41) is 52.9. The molecule has 0 spiro atoms. The number of unbranched alkanes of at least 4 members (excludes halogenated alkanes) is 2. The minimum atomic E-state index is -3.75. The van der Waals surface area contributed by atoms with Crippen LogP contribution < -0.4 is 5.73 Å². The van der Waals surface area contributed by atoms with E-state index < -0.39 is 17.9 Å². The molecule has 0 radical (unpaired) electrons. The quantitative estimate of drug-likeness (QED) is 0.182. The normalized spacial score (nSPS) is 15.4. The summed E-state index contributed by atoms with van der Waals surface area (Å²) in [4.78, 5) is 0. The van der Waals surface area contributed by atoms with Gasteiger partial charge < -0.3 is 36.4 Å². The number of hydrogen-bond donors (Lipinski definition) is 7. The van der Waals surface area contributed by atoms with E-state index in [4.69, 9.17) is 31.3 Å². The van der Waals surface area contributed by atoms with Crippen LogP contribution in [-0.4, -0.2) is 55.0 Å². The van der Waals surface area contributed by atoms with Gasteiger partial charge in [-0.1, -0.05) is 12.8 Å². The lowest BCUT2D eigenvalue weighted by molar-refractivity contribution is -0.464. The van der Waals surface area contributed by atoms with Gasteiger partial charge in [0.2, 0.25) is 0 Å². The molecule has 0 aliphatic rings. The molecule has 7 heteroatoms. The molecule has 0 fully saturated rings. The lowest BCUT2D eigenvalue weighted by atomic mass is 10.0. The molecule has 0 aromatic rings. The zero-order valence-electron chi connectivity index (χ0n) is 8.37. The number of nitrogens with two attached hydrogens (primary N) is 1. The highest BCUT2D eigenvalue weighted by Crippen LogP contribution is 2.22. The molecule has 0 rings (SSSR count). The summed E-state index contributed by atoms with van der Waals surface area (Å²) < 4.78 is 0. The minimum absolute atomic E-state index is 0.0869. The van der Waals surface area contributed by atoms with Crippen LogP contribution in [-0.2, 0) is 0 Å². The summed E-state index contributed by atoms with van der Waals surface area (Å²) in [5.41, 5.74) is 5.22. The molecule has 92 valence electrons. The molecule has 0 aromatic carbocycles. The molecule has 0 saturated carbocycles. The van der Waals surface area contributed by atoms with Crippen LogP contribution >= 0.6 is 0 Å². The van der Waals surface area contributed by atoms with Crippen LogP contribution in [0.25, 0.3) is 0 Å². The van der Waals surface area contributed by atoms with Crippen LogP contribution in [0.15, 0.2) is 0 Å². The van der Waals surface area contributed by atoms with E-state index in [-0.39, 0.29) is 6.42 Å². The van der Waals surface area contributed by atoms with Crippen LogP contribution in [0.1, 0.15) is 25.7 Å². The van der Waals surface area contributed by atoms with E-state index in [1.165, 1.54) is 0 Å². The molecule has 0 aromatic heterocycles. The highest BCUT2D eigenvalue weighted by Gasteiger charge is 2.51.